The maximum Gasteiger partial charge on any atom is 0.416 e. The van der Waals surface area contributed by atoms with E-state index in [2.05, 4.69) is 6.58 Å². The Morgan fingerprint density at radius 2 is 1.82 bits per heavy atom. The van der Waals surface area contributed by atoms with Gasteiger partial charge in [-0.15, -0.1) is 0 Å². The SMILES string of the molecule is C=C(O)[C@@H]1Cc2ccc(/C=C(\C)c3c(F)cccc3Cl)cc2N(S(=O)(=O)c2cccc(C(F)(F)F)c2)[C@@H]1C. The van der Waals surface area contributed by atoms with Crippen molar-refractivity contribution in [2.24, 2.45) is 5.92 Å². The van der Waals surface area contributed by atoms with E-state index in [1.165, 1.54) is 12.1 Å². The third-order valence-corrected chi connectivity index (χ3v) is 8.84. The Labute approximate surface area is 223 Å². The summed E-state index contributed by atoms with van der Waals surface area (Å²) in [7, 11) is -4.51. The molecule has 2 atom stereocenters. The molecule has 0 saturated heterocycles. The molecule has 0 radical (unpaired) electrons. The first-order valence-electron chi connectivity index (χ1n) is 11.6. The predicted molar refractivity (Wildman–Crippen MR) is 141 cm³/mol. The van der Waals surface area contributed by atoms with Crippen LogP contribution in [0.1, 0.15) is 36.1 Å². The number of benzene rings is 3. The van der Waals surface area contributed by atoms with Gasteiger partial charge < -0.3 is 5.11 Å². The molecule has 0 saturated carbocycles. The first-order chi connectivity index (χ1) is 17.7. The van der Waals surface area contributed by atoms with E-state index in [9.17, 15) is 31.1 Å². The minimum Gasteiger partial charge on any atom is -0.513 e. The molecular weight excluding hydrogens is 542 g/mol. The number of hydrogen-bond donors (Lipinski definition) is 1. The summed E-state index contributed by atoms with van der Waals surface area (Å²) in [5.41, 5.74) is 0.918. The fourth-order valence-electron chi connectivity index (χ4n) is 4.73. The number of hydrogen-bond acceptors (Lipinski definition) is 3. The lowest BCUT2D eigenvalue weighted by atomic mass is 9.86. The predicted octanol–water partition coefficient (Wildman–Crippen LogP) is 7.89. The highest BCUT2D eigenvalue weighted by Crippen LogP contribution is 2.41. The van der Waals surface area contributed by atoms with E-state index in [1.54, 1.807) is 44.2 Å². The average Bonchev–Trinajstić information content (AvgIpc) is 2.82. The van der Waals surface area contributed by atoms with Crippen molar-refractivity contribution in [3.05, 3.63) is 106 Å². The Hall–Kier alpha value is -3.30. The van der Waals surface area contributed by atoms with Crippen molar-refractivity contribution >= 4 is 39.0 Å². The van der Waals surface area contributed by atoms with E-state index in [0.29, 0.717) is 22.8 Å². The Balaban J connectivity index is 1.87. The third-order valence-electron chi connectivity index (χ3n) is 6.63. The summed E-state index contributed by atoms with van der Waals surface area (Å²) in [5, 5.41) is 10.4. The maximum atomic E-state index is 14.4. The molecule has 4 nitrogen and oxygen atoms in total. The Bertz CT molecular complexity index is 1530. The van der Waals surface area contributed by atoms with Crippen LogP contribution in [0.3, 0.4) is 0 Å². The lowest BCUT2D eigenvalue weighted by Crippen LogP contribution is -2.47. The van der Waals surface area contributed by atoms with Gasteiger partial charge in [0.1, 0.15) is 5.82 Å². The smallest absolute Gasteiger partial charge is 0.416 e. The molecule has 3 aromatic carbocycles. The number of allylic oxidation sites excluding steroid dienone is 1. The van der Waals surface area contributed by atoms with Crippen LogP contribution in [-0.2, 0) is 22.6 Å². The van der Waals surface area contributed by atoms with Crippen LogP contribution >= 0.6 is 11.6 Å². The number of anilines is 1. The summed E-state index contributed by atoms with van der Waals surface area (Å²) < 4.78 is 83.2. The lowest BCUT2D eigenvalue weighted by Gasteiger charge is -2.41. The third kappa shape index (κ3) is 5.17. The molecular formula is C28H24ClF4NO3S. The molecule has 0 spiro atoms. The van der Waals surface area contributed by atoms with E-state index in [4.69, 9.17) is 11.6 Å². The van der Waals surface area contributed by atoms with Gasteiger partial charge in [-0.05, 0) is 73.4 Å². The van der Waals surface area contributed by atoms with Gasteiger partial charge in [0.2, 0.25) is 0 Å². The number of alkyl halides is 3. The lowest BCUT2D eigenvalue weighted by molar-refractivity contribution is -0.137. The van der Waals surface area contributed by atoms with Gasteiger partial charge >= 0.3 is 6.18 Å². The summed E-state index contributed by atoms with van der Waals surface area (Å²) in [6, 6.07) is 11.9. The summed E-state index contributed by atoms with van der Waals surface area (Å²) in [6.07, 6.45) is -2.83. The topological polar surface area (TPSA) is 57.6 Å². The molecule has 10 heteroatoms. The number of fused-ring (bicyclic) bond motifs is 1. The van der Waals surface area contributed by atoms with Crippen LogP contribution in [0.5, 0.6) is 0 Å². The highest BCUT2D eigenvalue weighted by atomic mass is 35.5. The molecule has 0 fully saturated rings. The van der Waals surface area contributed by atoms with Crippen LogP contribution < -0.4 is 4.31 Å². The summed E-state index contributed by atoms with van der Waals surface area (Å²) in [4.78, 5) is -0.537. The van der Waals surface area contributed by atoms with Crippen LogP contribution in [0.15, 0.2) is 77.9 Å². The van der Waals surface area contributed by atoms with Crippen LogP contribution in [0, 0.1) is 11.7 Å². The average molecular weight is 566 g/mol. The van der Waals surface area contributed by atoms with Gasteiger partial charge in [-0.1, -0.05) is 48.5 Å². The van der Waals surface area contributed by atoms with E-state index in [-0.39, 0.29) is 28.5 Å². The normalized spacial score (nSPS) is 18.3. The second-order valence-electron chi connectivity index (χ2n) is 9.18. The molecule has 38 heavy (non-hydrogen) atoms. The highest BCUT2D eigenvalue weighted by molar-refractivity contribution is 7.92. The molecule has 0 unspecified atom stereocenters. The van der Waals surface area contributed by atoms with Crippen molar-refractivity contribution in [1.29, 1.82) is 0 Å². The molecule has 1 aliphatic rings. The molecule has 200 valence electrons. The second-order valence-corrected chi connectivity index (χ2v) is 11.4. The molecule has 0 bridgehead atoms. The van der Waals surface area contributed by atoms with E-state index in [0.717, 1.165) is 22.5 Å². The monoisotopic (exact) mass is 565 g/mol. The van der Waals surface area contributed by atoms with Crippen molar-refractivity contribution in [2.45, 2.75) is 37.4 Å². The van der Waals surface area contributed by atoms with Crippen LogP contribution in [-0.4, -0.2) is 19.6 Å². The number of halogens is 5. The molecule has 3 aromatic rings. The molecule has 1 heterocycles. The van der Waals surface area contributed by atoms with Gasteiger partial charge in [0.25, 0.3) is 10.0 Å². The number of sulfonamides is 1. The van der Waals surface area contributed by atoms with Gasteiger partial charge in [0.05, 0.1) is 33.0 Å². The molecule has 0 aromatic heterocycles. The van der Waals surface area contributed by atoms with Crippen LogP contribution in [0.2, 0.25) is 5.02 Å². The van der Waals surface area contributed by atoms with Crippen molar-refractivity contribution in [2.75, 3.05) is 4.31 Å². The van der Waals surface area contributed by atoms with Crippen molar-refractivity contribution in [1.82, 2.24) is 0 Å². The van der Waals surface area contributed by atoms with Gasteiger partial charge in [-0.3, -0.25) is 4.31 Å². The summed E-state index contributed by atoms with van der Waals surface area (Å²) in [5.74, 6) is -1.44. The van der Waals surface area contributed by atoms with E-state index >= 15 is 0 Å². The number of aliphatic hydroxyl groups is 1. The molecule has 0 aliphatic carbocycles. The van der Waals surface area contributed by atoms with Crippen molar-refractivity contribution in [3.63, 3.8) is 0 Å². The van der Waals surface area contributed by atoms with E-state index < -0.39 is 44.4 Å². The Kier molecular flexibility index (Phi) is 7.38. The largest absolute Gasteiger partial charge is 0.513 e. The van der Waals surface area contributed by atoms with Crippen LogP contribution in [0.4, 0.5) is 23.2 Å². The summed E-state index contributed by atoms with van der Waals surface area (Å²) in [6.45, 7) is 6.80. The van der Waals surface area contributed by atoms with Gasteiger partial charge in [-0.2, -0.15) is 13.2 Å². The minimum atomic E-state index is -4.73. The second kappa shape index (κ2) is 10.1. The van der Waals surface area contributed by atoms with E-state index in [1.807, 2.05) is 0 Å². The van der Waals surface area contributed by atoms with Crippen molar-refractivity contribution in [3.8, 4) is 0 Å². The molecule has 1 aliphatic heterocycles. The van der Waals surface area contributed by atoms with Gasteiger partial charge in [-0.25, -0.2) is 12.8 Å². The first-order valence-corrected chi connectivity index (χ1v) is 13.4. The maximum absolute atomic E-state index is 14.4. The number of nitrogens with zero attached hydrogens (tertiary/aromatic N) is 1. The fourth-order valence-corrected chi connectivity index (χ4v) is 6.81. The zero-order chi connectivity index (χ0) is 28.0. The Morgan fingerprint density at radius 3 is 2.45 bits per heavy atom. The molecule has 0 amide bonds. The number of aliphatic hydroxyl groups excluding tert-OH is 1. The van der Waals surface area contributed by atoms with Crippen molar-refractivity contribution < 1.29 is 31.1 Å². The quantitative estimate of drug-likeness (QED) is 0.194. The minimum absolute atomic E-state index is 0.199. The first kappa shape index (κ1) is 27.7. The zero-order valence-electron chi connectivity index (χ0n) is 20.4. The standard InChI is InChI=1S/C28H24ClF4NO3S/c1-16(27-24(29)8-5-9-25(27)30)12-19-10-11-20-14-23(18(3)35)17(2)34(26(20)13-19)38(36,37)22-7-4-6-21(15-22)28(31,32)33/h4-13,15,17,23,35H,3,14H2,1-2H3/b16-12+/t17-,23-/m1/s1. The number of rotatable bonds is 5. The van der Waals surface area contributed by atoms with Gasteiger partial charge in [0, 0.05) is 11.5 Å². The zero-order valence-corrected chi connectivity index (χ0v) is 22.0. The molecule has 1 N–H and O–H groups in total. The van der Waals surface area contributed by atoms with Crippen LogP contribution in [0.25, 0.3) is 11.6 Å². The Morgan fingerprint density at radius 1 is 1.13 bits per heavy atom. The summed E-state index contributed by atoms with van der Waals surface area (Å²) >= 11 is 6.19. The molecule has 4 rings (SSSR count). The fraction of sp³-hybridized carbons (Fsp3) is 0.214. The highest BCUT2D eigenvalue weighted by Gasteiger charge is 2.41. The van der Waals surface area contributed by atoms with Gasteiger partial charge in [0.15, 0.2) is 0 Å².